The lowest BCUT2D eigenvalue weighted by molar-refractivity contribution is -0.151. The van der Waals surface area contributed by atoms with Gasteiger partial charge in [-0.2, -0.15) is 0 Å². The number of Topliss-reactive ketones (excluding diaryl/α,β-unsaturated/α-hetero) is 1. The number of carbonyl (C=O) groups excluding carboxylic acids is 2. The van der Waals surface area contributed by atoms with Crippen LogP contribution in [0.1, 0.15) is 65.7 Å². The van der Waals surface area contributed by atoms with Crippen LogP contribution in [0.25, 0.3) is 0 Å². The fourth-order valence-electron chi connectivity index (χ4n) is 6.50. The van der Waals surface area contributed by atoms with Crippen LogP contribution < -0.4 is 0 Å². The molecule has 0 spiro atoms. The summed E-state index contributed by atoms with van der Waals surface area (Å²) in [6.07, 6.45) is 7.14. The Labute approximate surface area is 152 Å². The molecule has 3 saturated carbocycles. The van der Waals surface area contributed by atoms with Crippen molar-refractivity contribution in [3.05, 3.63) is 11.6 Å². The Kier molecular flexibility index (Phi) is 3.41. The molecular weight excluding hydrogens is 368 g/mol. The largest absolute Gasteiger partial charge is 0.390 e. The van der Waals surface area contributed by atoms with E-state index in [1.807, 2.05) is 13.0 Å². The van der Waals surface area contributed by atoms with Gasteiger partial charge in [-0.25, -0.2) is 0 Å². The highest BCUT2D eigenvalue weighted by molar-refractivity contribution is 9.10. The number of alkyl halides is 1. The van der Waals surface area contributed by atoms with Crippen LogP contribution in [0.5, 0.6) is 0 Å². The fourth-order valence-corrected chi connectivity index (χ4v) is 7.65. The normalized spacial score (nSPS) is 54.0. The zero-order valence-corrected chi connectivity index (χ0v) is 16.4. The van der Waals surface area contributed by atoms with E-state index >= 15 is 0 Å². The number of hydrogen-bond acceptors (Lipinski definition) is 3. The third kappa shape index (κ3) is 1.77. The van der Waals surface area contributed by atoms with Gasteiger partial charge < -0.3 is 5.11 Å². The van der Waals surface area contributed by atoms with Gasteiger partial charge in [0.05, 0.1) is 9.93 Å². The number of carbonyl (C=O) groups is 2. The first kappa shape index (κ1) is 17.0. The van der Waals surface area contributed by atoms with Crippen LogP contribution in [0.15, 0.2) is 11.6 Å². The summed E-state index contributed by atoms with van der Waals surface area (Å²) in [7, 11) is 0. The number of allylic oxidation sites excluding steroid dienone is 1. The molecule has 4 rings (SSSR count). The monoisotopic (exact) mass is 394 g/mol. The molecule has 24 heavy (non-hydrogen) atoms. The van der Waals surface area contributed by atoms with E-state index in [1.54, 1.807) is 0 Å². The highest BCUT2D eigenvalue weighted by Gasteiger charge is 2.71. The minimum Gasteiger partial charge on any atom is -0.390 e. The van der Waals surface area contributed by atoms with Crippen molar-refractivity contribution in [1.82, 2.24) is 0 Å². The van der Waals surface area contributed by atoms with Gasteiger partial charge in [-0.05, 0) is 56.9 Å². The van der Waals surface area contributed by atoms with E-state index in [1.165, 1.54) is 0 Å². The van der Waals surface area contributed by atoms with E-state index in [0.29, 0.717) is 18.8 Å². The van der Waals surface area contributed by atoms with Crippen molar-refractivity contribution in [2.75, 3.05) is 0 Å². The lowest BCUT2D eigenvalue weighted by Crippen LogP contribution is -2.66. The molecule has 0 aromatic carbocycles. The van der Waals surface area contributed by atoms with E-state index in [-0.39, 0.29) is 28.3 Å². The second-order valence-electron chi connectivity index (χ2n) is 9.26. The molecule has 0 heterocycles. The molecule has 1 N–H and O–H groups in total. The minimum atomic E-state index is -0.763. The molecule has 0 aromatic heterocycles. The smallest absolute Gasteiger partial charge is 0.155 e. The Hall–Kier alpha value is -0.480. The molecule has 4 aliphatic rings. The van der Waals surface area contributed by atoms with Crippen molar-refractivity contribution in [3.63, 3.8) is 0 Å². The Balaban J connectivity index is 1.84. The topological polar surface area (TPSA) is 54.4 Å². The number of ketones is 2. The zero-order chi connectivity index (χ0) is 17.5. The van der Waals surface area contributed by atoms with Gasteiger partial charge in [0.1, 0.15) is 0 Å². The molecule has 4 aliphatic carbocycles. The van der Waals surface area contributed by atoms with Crippen molar-refractivity contribution >= 4 is 27.5 Å². The van der Waals surface area contributed by atoms with E-state index in [4.69, 9.17) is 0 Å². The van der Waals surface area contributed by atoms with Crippen LogP contribution in [-0.4, -0.2) is 26.6 Å². The number of halogens is 1. The molecule has 0 bridgehead atoms. The first-order valence-corrected chi connectivity index (χ1v) is 10.0. The van der Waals surface area contributed by atoms with E-state index < -0.39 is 9.93 Å². The SMILES string of the molecule is CC1(O)CCC2C3CCC4=CC(=O)CCC4(C)C3(Br)C(=O)CC21C. The molecule has 4 heteroatoms. The highest BCUT2D eigenvalue weighted by Crippen LogP contribution is 2.70. The van der Waals surface area contributed by atoms with Crippen LogP contribution in [0, 0.1) is 22.7 Å². The van der Waals surface area contributed by atoms with Crippen molar-refractivity contribution in [2.24, 2.45) is 22.7 Å². The van der Waals surface area contributed by atoms with Gasteiger partial charge in [-0.3, -0.25) is 9.59 Å². The van der Waals surface area contributed by atoms with Crippen molar-refractivity contribution < 1.29 is 14.7 Å². The molecule has 6 unspecified atom stereocenters. The molecule has 0 radical (unpaired) electrons. The average molecular weight is 395 g/mol. The zero-order valence-electron chi connectivity index (χ0n) is 14.8. The standard InChI is InChI=1S/C20H27BrO3/c1-17-8-6-13(22)10-12(17)4-5-15-14-7-9-19(3,24)18(14,2)11-16(23)20(15,17)21/h10,14-15,24H,4-9,11H2,1-3H3. The van der Waals surface area contributed by atoms with Gasteiger partial charge in [0.2, 0.25) is 0 Å². The molecule has 6 atom stereocenters. The molecule has 3 nitrogen and oxygen atoms in total. The van der Waals surface area contributed by atoms with Crippen LogP contribution in [-0.2, 0) is 9.59 Å². The van der Waals surface area contributed by atoms with Crippen molar-refractivity contribution in [3.8, 4) is 0 Å². The summed E-state index contributed by atoms with van der Waals surface area (Å²) in [4.78, 5) is 25.4. The number of fused-ring (bicyclic) bond motifs is 5. The maximum atomic E-state index is 13.5. The van der Waals surface area contributed by atoms with E-state index in [9.17, 15) is 14.7 Å². The fraction of sp³-hybridized carbons (Fsp3) is 0.800. The summed E-state index contributed by atoms with van der Waals surface area (Å²) < 4.78 is -0.574. The first-order valence-electron chi connectivity index (χ1n) is 9.25. The summed E-state index contributed by atoms with van der Waals surface area (Å²) in [5, 5.41) is 10.9. The maximum absolute atomic E-state index is 13.5. The Morgan fingerprint density at radius 1 is 1.08 bits per heavy atom. The molecule has 0 aliphatic heterocycles. The molecular formula is C20H27BrO3. The lowest BCUT2D eigenvalue weighted by Gasteiger charge is -2.62. The predicted octanol–water partition coefficient (Wildman–Crippen LogP) is 3.97. The molecule has 0 amide bonds. The summed E-state index contributed by atoms with van der Waals surface area (Å²) >= 11 is 3.97. The minimum absolute atomic E-state index is 0.203. The van der Waals surface area contributed by atoms with Crippen molar-refractivity contribution in [1.29, 1.82) is 0 Å². The first-order chi connectivity index (χ1) is 11.1. The molecule has 3 fully saturated rings. The third-order valence-electron chi connectivity index (χ3n) is 8.36. The summed E-state index contributed by atoms with van der Waals surface area (Å²) in [6.45, 7) is 6.21. The Morgan fingerprint density at radius 3 is 2.50 bits per heavy atom. The van der Waals surface area contributed by atoms with Crippen LogP contribution in [0.4, 0.5) is 0 Å². The average Bonchev–Trinajstić information content (AvgIpc) is 2.72. The highest BCUT2D eigenvalue weighted by atomic mass is 79.9. The van der Waals surface area contributed by atoms with Gasteiger partial charge in [-0.15, -0.1) is 0 Å². The van der Waals surface area contributed by atoms with Crippen molar-refractivity contribution in [2.45, 2.75) is 75.6 Å². The van der Waals surface area contributed by atoms with Gasteiger partial charge in [0, 0.05) is 23.7 Å². The maximum Gasteiger partial charge on any atom is 0.155 e. The van der Waals surface area contributed by atoms with Crippen LogP contribution in [0.3, 0.4) is 0 Å². The summed E-state index contributed by atoms with van der Waals surface area (Å²) in [6, 6.07) is 0. The second kappa shape index (κ2) is 4.82. The Morgan fingerprint density at radius 2 is 1.79 bits per heavy atom. The number of hydrogen-bond donors (Lipinski definition) is 1. The number of rotatable bonds is 0. The second-order valence-corrected chi connectivity index (χ2v) is 10.5. The van der Waals surface area contributed by atoms with E-state index in [2.05, 4.69) is 29.8 Å². The summed E-state index contributed by atoms with van der Waals surface area (Å²) in [5.41, 5.74) is -0.194. The third-order valence-corrected chi connectivity index (χ3v) is 10.3. The molecule has 132 valence electrons. The summed E-state index contributed by atoms with van der Waals surface area (Å²) in [5.74, 6) is 1.04. The van der Waals surface area contributed by atoms with Gasteiger partial charge in [-0.1, -0.05) is 35.4 Å². The van der Waals surface area contributed by atoms with Gasteiger partial charge >= 0.3 is 0 Å². The predicted molar refractivity (Wildman–Crippen MR) is 95.9 cm³/mol. The lowest BCUT2D eigenvalue weighted by atomic mass is 9.46. The van der Waals surface area contributed by atoms with Gasteiger partial charge in [0.15, 0.2) is 11.6 Å². The van der Waals surface area contributed by atoms with E-state index in [0.717, 1.165) is 37.7 Å². The van der Waals surface area contributed by atoms with Crippen LogP contribution >= 0.6 is 15.9 Å². The molecule has 0 saturated heterocycles. The quantitative estimate of drug-likeness (QED) is 0.632. The number of aliphatic hydroxyl groups is 1. The molecule has 0 aromatic rings. The van der Waals surface area contributed by atoms with Gasteiger partial charge in [0.25, 0.3) is 0 Å². The van der Waals surface area contributed by atoms with Crippen LogP contribution in [0.2, 0.25) is 0 Å². The Bertz CT molecular complexity index is 666.